The van der Waals surface area contributed by atoms with Crippen LogP contribution in [0.1, 0.15) is 17.3 Å². The number of hydrogen-bond donors (Lipinski definition) is 1. The van der Waals surface area contributed by atoms with Gasteiger partial charge in [-0.15, -0.1) is 0 Å². The summed E-state index contributed by atoms with van der Waals surface area (Å²) in [6, 6.07) is 7.44. The van der Waals surface area contributed by atoms with E-state index in [1.807, 2.05) is 0 Å². The smallest absolute Gasteiger partial charge is 0.262 e. The van der Waals surface area contributed by atoms with E-state index in [1.54, 1.807) is 6.07 Å². The van der Waals surface area contributed by atoms with Crippen molar-refractivity contribution in [2.24, 2.45) is 0 Å². The number of amides is 1. The SMILES string of the molecule is CC(=O)c1cc(Cl)ccc1OCC(=O)Nc1cc(Cl)c(Cl)cc1Cl. The summed E-state index contributed by atoms with van der Waals surface area (Å²) in [7, 11) is 0. The maximum absolute atomic E-state index is 12.0. The molecule has 1 amide bonds. The molecule has 0 unspecified atom stereocenters. The van der Waals surface area contributed by atoms with Crippen molar-refractivity contribution in [3.05, 3.63) is 56.0 Å². The number of hydrogen-bond acceptors (Lipinski definition) is 3. The number of rotatable bonds is 5. The van der Waals surface area contributed by atoms with Crippen molar-refractivity contribution in [2.45, 2.75) is 6.92 Å². The first-order chi connectivity index (χ1) is 11.3. The lowest BCUT2D eigenvalue weighted by Gasteiger charge is -2.12. The van der Waals surface area contributed by atoms with Gasteiger partial charge in [-0.25, -0.2) is 0 Å². The lowest BCUT2D eigenvalue weighted by molar-refractivity contribution is -0.118. The standard InChI is InChI=1S/C16H11Cl4NO3/c1-8(22)10-4-9(17)2-3-15(10)24-7-16(23)21-14-6-12(19)11(18)5-13(14)20/h2-6H,7H2,1H3,(H,21,23). The van der Waals surface area contributed by atoms with E-state index in [9.17, 15) is 9.59 Å². The number of carbonyl (C=O) groups excluding carboxylic acids is 2. The highest BCUT2D eigenvalue weighted by Crippen LogP contribution is 2.32. The molecule has 0 saturated carbocycles. The molecule has 0 aliphatic heterocycles. The minimum absolute atomic E-state index is 0.222. The van der Waals surface area contributed by atoms with Gasteiger partial charge in [0.05, 0.1) is 26.3 Å². The van der Waals surface area contributed by atoms with E-state index in [0.29, 0.717) is 16.3 Å². The van der Waals surface area contributed by atoms with Gasteiger partial charge in [0, 0.05) is 5.02 Å². The first-order valence-corrected chi connectivity index (χ1v) is 8.17. The van der Waals surface area contributed by atoms with Crippen LogP contribution >= 0.6 is 46.4 Å². The van der Waals surface area contributed by atoms with Crippen molar-refractivity contribution in [2.75, 3.05) is 11.9 Å². The number of benzene rings is 2. The van der Waals surface area contributed by atoms with Crippen LogP contribution in [0.3, 0.4) is 0 Å². The largest absolute Gasteiger partial charge is 0.483 e. The van der Waals surface area contributed by atoms with E-state index in [-0.39, 0.29) is 33.2 Å². The number of anilines is 1. The van der Waals surface area contributed by atoms with Crippen molar-refractivity contribution in [1.82, 2.24) is 0 Å². The van der Waals surface area contributed by atoms with Crippen molar-refractivity contribution in [1.29, 1.82) is 0 Å². The molecule has 0 heterocycles. The van der Waals surface area contributed by atoms with Crippen LogP contribution in [0.5, 0.6) is 5.75 Å². The second-order valence-electron chi connectivity index (χ2n) is 4.78. The molecule has 2 aromatic carbocycles. The van der Waals surface area contributed by atoms with Gasteiger partial charge in [-0.2, -0.15) is 0 Å². The van der Waals surface area contributed by atoms with Crippen molar-refractivity contribution < 1.29 is 14.3 Å². The average Bonchev–Trinajstić information content (AvgIpc) is 2.51. The first-order valence-electron chi connectivity index (χ1n) is 6.65. The minimum atomic E-state index is -0.472. The Balaban J connectivity index is 2.07. The molecule has 0 spiro atoms. The average molecular weight is 407 g/mol. The molecule has 0 saturated heterocycles. The molecule has 0 atom stereocenters. The van der Waals surface area contributed by atoms with Gasteiger partial charge in [-0.05, 0) is 37.3 Å². The Morgan fingerprint density at radius 2 is 1.67 bits per heavy atom. The normalized spacial score (nSPS) is 10.4. The van der Waals surface area contributed by atoms with Gasteiger partial charge in [0.2, 0.25) is 0 Å². The van der Waals surface area contributed by atoms with Gasteiger partial charge >= 0.3 is 0 Å². The molecule has 0 bridgehead atoms. The third-order valence-electron chi connectivity index (χ3n) is 2.96. The van der Waals surface area contributed by atoms with E-state index < -0.39 is 5.91 Å². The van der Waals surface area contributed by atoms with Crippen LogP contribution in [0.15, 0.2) is 30.3 Å². The number of Topliss-reactive ketones (excluding diaryl/α,β-unsaturated/α-hetero) is 1. The third kappa shape index (κ3) is 4.77. The Labute approximate surface area is 158 Å². The summed E-state index contributed by atoms with van der Waals surface area (Å²) in [5, 5.41) is 3.74. The quantitative estimate of drug-likeness (QED) is 0.525. The molecule has 0 aliphatic carbocycles. The molecule has 24 heavy (non-hydrogen) atoms. The first kappa shape index (κ1) is 18.9. The molecule has 4 nitrogen and oxygen atoms in total. The van der Waals surface area contributed by atoms with Crippen LogP contribution in [0.2, 0.25) is 20.1 Å². The Hall–Kier alpha value is -1.46. The monoisotopic (exact) mass is 405 g/mol. The molecular weight excluding hydrogens is 396 g/mol. The molecule has 0 radical (unpaired) electrons. The number of nitrogens with one attached hydrogen (secondary N) is 1. The Morgan fingerprint density at radius 1 is 1.00 bits per heavy atom. The van der Waals surface area contributed by atoms with E-state index in [0.717, 1.165) is 0 Å². The van der Waals surface area contributed by atoms with E-state index in [2.05, 4.69) is 5.32 Å². The topological polar surface area (TPSA) is 55.4 Å². The second-order valence-corrected chi connectivity index (χ2v) is 6.44. The van der Waals surface area contributed by atoms with Gasteiger partial charge in [-0.3, -0.25) is 9.59 Å². The summed E-state index contributed by atoms with van der Waals surface area (Å²) < 4.78 is 5.39. The van der Waals surface area contributed by atoms with Crippen molar-refractivity contribution in [3.8, 4) is 5.75 Å². The number of carbonyl (C=O) groups is 2. The van der Waals surface area contributed by atoms with Gasteiger partial charge in [0.1, 0.15) is 5.75 Å². The van der Waals surface area contributed by atoms with Gasteiger partial charge < -0.3 is 10.1 Å². The van der Waals surface area contributed by atoms with E-state index >= 15 is 0 Å². The highest BCUT2D eigenvalue weighted by Gasteiger charge is 2.13. The molecule has 2 aromatic rings. The molecular formula is C16H11Cl4NO3. The zero-order chi connectivity index (χ0) is 17.9. The van der Waals surface area contributed by atoms with Crippen molar-refractivity contribution >= 4 is 63.8 Å². The van der Waals surface area contributed by atoms with E-state index in [4.69, 9.17) is 51.1 Å². The van der Waals surface area contributed by atoms with Gasteiger partial charge in [-0.1, -0.05) is 46.4 Å². The molecule has 8 heteroatoms. The van der Waals surface area contributed by atoms with Crippen LogP contribution in [-0.2, 0) is 4.79 Å². The molecule has 1 N–H and O–H groups in total. The predicted molar refractivity (Wildman–Crippen MR) is 97.1 cm³/mol. The molecule has 126 valence electrons. The fourth-order valence-corrected chi connectivity index (χ4v) is 2.62. The third-order valence-corrected chi connectivity index (χ3v) is 4.23. The zero-order valence-electron chi connectivity index (χ0n) is 12.3. The fourth-order valence-electron chi connectivity index (χ4n) is 1.85. The number of halogens is 4. The predicted octanol–water partition coefficient (Wildman–Crippen LogP) is 5.52. The maximum atomic E-state index is 12.0. The maximum Gasteiger partial charge on any atom is 0.262 e. The fraction of sp³-hybridized carbons (Fsp3) is 0.125. The van der Waals surface area contributed by atoms with Crippen LogP contribution in [0, 0.1) is 0 Å². The van der Waals surface area contributed by atoms with Gasteiger partial charge in [0.15, 0.2) is 12.4 Å². The Bertz CT molecular complexity index is 808. The second kappa shape index (κ2) is 8.08. The van der Waals surface area contributed by atoms with Crippen molar-refractivity contribution in [3.63, 3.8) is 0 Å². The highest BCUT2D eigenvalue weighted by atomic mass is 35.5. The van der Waals surface area contributed by atoms with Crippen LogP contribution in [0.4, 0.5) is 5.69 Å². The molecule has 0 aromatic heterocycles. The molecule has 2 rings (SSSR count). The Morgan fingerprint density at radius 3 is 2.33 bits per heavy atom. The lowest BCUT2D eigenvalue weighted by atomic mass is 10.1. The number of ketones is 1. The summed E-state index contributed by atoms with van der Waals surface area (Å²) >= 11 is 23.6. The van der Waals surface area contributed by atoms with Gasteiger partial charge in [0.25, 0.3) is 5.91 Å². The minimum Gasteiger partial charge on any atom is -0.483 e. The highest BCUT2D eigenvalue weighted by molar-refractivity contribution is 6.44. The van der Waals surface area contributed by atoms with Crippen LogP contribution < -0.4 is 10.1 Å². The van der Waals surface area contributed by atoms with Crippen LogP contribution in [-0.4, -0.2) is 18.3 Å². The number of ether oxygens (including phenoxy) is 1. The Kier molecular flexibility index (Phi) is 6.35. The summed E-state index contributed by atoms with van der Waals surface area (Å²) in [5.74, 6) is -0.428. The summed E-state index contributed by atoms with van der Waals surface area (Å²) in [5.41, 5.74) is 0.602. The summed E-state index contributed by atoms with van der Waals surface area (Å²) in [6.45, 7) is 1.06. The zero-order valence-corrected chi connectivity index (χ0v) is 15.4. The lowest BCUT2D eigenvalue weighted by Crippen LogP contribution is -2.21. The molecule has 0 fully saturated rings. The van der Waals surface area contributed by atoms with Crippen LogP contribution in [0.25, 0.3) is 0 Å². The van der Waals surface area contributed by atoms with E-state index in [1.165, 1.54) is 31.2 Å². The molecule has 0 aliphatic rings. The summed E-state index contributed by atoms with van der Waals surface area (Å²) in [6.07, 6.45) is 0. The summed E-state index contributed by atoms with van der Waals surface area (Å²) in [4.78, 5) is 23.6.